The highest BCUT2D eigenvalue weighted by atomic mass is 16.5. The molecular formula is C11H24O2. The van der Waals surface area contributed by atoms with Crippen LogP contribution in [-0.4, -0.2) is 13.1 Å². The number of methoxy groups -OCH3 is 1. The van der Waals surface area contributed by atoms with Crippen LogP contribution in [0.5, 0.6) is 0 Å². The highest BCUT2D eigenvalue weighted by Crippen LogP contribution is 2.13. The quantitative estimate of drug-likeness (QED) is 0.545. The number of carbonyl (C=O) groups excluding carboxylic acids is 1. The molecule has 0 rings (SSSR count). The van der Waals surface area contributed by atoms with Crippen molar-refractivity contribution >= 4 is 5.97 Å². The van der Waals surface area contributed by atoms with Crippen LogP contribution >= 0.6 is 0 Å². The monoisotopic (exact) mass is 188 g/mol. The van der Waals surface area contributed by atoms with Crippen LogP contribution in [0.15, 0.2) is 0 Å². The molecular weight excluding hydrogens is 164 g/mol. The minimum atomic E-state index is -0.352. The number of rotatable bonds is 0. The standard InChI is InChI=1S/C6H12O2.C5H12/c1-6(2,3)5(7)8-4;1-5(2,3)4/h1-4H3;1-4H3. The predicted octanol–water partition coefficient (Wildman–Crippen LogP) is 3.26. The van der Waals surface area contributed by atoms with E-state index in [1.54, 1.807) is 0 Å². The molecule has 0 saturated heterocycles. The summed E-state index contributed by atoms with van der Waals surface area (Å²) in [6.07, 6.45) is 0. The summed E-state index contributed by atoms with van der Waals surface area (Å²) >= 11 is 0. The SMILES string of the molecule is CC(C)(C)C.COC(=O)C(C)(C)C. The molecule has 0 unspecified atom stereocenters. The molecule has 0 aromatic rings. The van der Waals surface area contributed by atoms with E-state index in [1.165, 1.54) is 7.11 Å². The summed E-state index contributed by atoms with van der Waals surface area (Å²) in [7, 11) is 1.40. The van der Waals surface area contributed by atoms with Crippen molar-refractivity contribution in [3.63, 3.8) is 0 Å². The van der Waals surface area contributed by atoms with Crippen molar-refractivity contribution in [2.45, 2.75) is 48.5 Å². The average molecular weight is 188 g/mol. The Morgan fingerprint density at radius 2 is 1.15 bits per heavy atom. The third-order valence-corrected chi connectivity index (χ3v) is 0.798. The van der Waals surface area contributed by atoms with Gasteiger partial charge in [0.2, 0.25) is 0 Å². The van der Waals surface area contributed by atoms with Gasteiger partial charge in [-0.25, -0.2) is 0 Å². The van der Waals surface area contributed by atoms with E-state index >= 15 is 0 Å². The predicted molar refractivity (Wildman–Crippen MR) is 56.6 cm³/mol. The zero-order chi connectivity index (χ0) is 11.3. The Labute approximate surface area is 82.7 Å². The second-order valence-electron chi connectivity index (χ2n) is 5.74. The Morgan fingerprint density at radius 1 is 0.923 bits per heavy atom. The molecule has 0 aliphatic carbocycles. The van der Waals surface area contributed by atoms with E-state index in [4.69, 9.17) is 0 Å². The smallest absolute Gasteiger partial charge is 0.310 e. The maximum Gasteiger partial charge on any atom is 0.310 e. The fraction of sp³-hybridized carbons (Fsp3) is 0.909. The lowest BCUT2D eigenvalue weighted by Gasteiger charge is -2.13. The first-order chi connectivity index (χ1) is 5.48. The first-order valence-corrected chi connectivity index (χ1v) is 4.57. The van der Waals surface area contributed by atoms with Crippen molar-refractivity contribution in [1.29, 1.82) is 0 Å². The Bertz CT molecular complexity index is 140. The van der Waals surface area contributed by atoms with Gasteiger partial charge in [-0.05, 0) is 26.2 Å². The fourth-order valence-corrected chi connectivity index (χ4v) is 0.306. The number of esters is 1. The molecule has 0 heterocycles. The van der Waals surface area contributed by atoms with Crippen LogP contribution in [0.4, 0.5) is 0 Å². The van der Waals surface area contributed by atoms with Crippen molar-refractivity contribution in [1.82, 2.24) is 0 Å². The molecule has 0 aromatic heterocycles. The Hall–Kier alpha value is -0.530. The first kappa shape index (κ1) is 15.0. The van der Waals surface area contributed by atoms with Gasteiger partial charge < -0.3 is 4.74 Å². The highest BCUT2D eigenvalue weighted by Gasteiger charge is 2.21. The molecule has 0 aliphatic heterocycles. The van der Waals surface area contributed by atoms with Gasteiger partial charge in [-0.3, -0.25) is 4.79 Å². The van der Waals surface area contributed by atoms with Crippen LogP contribution in [0.3, 0.4) is 0 Å². The Kier molecular flexibility index (Phi) is 6.05. The van der Waals surface area contributed by atoms with Crippen LogP contribution in [-0.2, 0) is 9.53 Å². The maximum absolute atomic E-state index is 10.6. The van der Waals surface area contributed by atoms with E-state index in [2.05, 4.69) is 32.4 Å². The fourth-order valence-electron chi connectivity index (χ4n) is 0.306. The number of hydrogen-bond donors (Lipinski definition) is 0. The zero-order valence-electron chi connectivity index (χ0n) is 10.3. The molecule has 0 atom stereocenters. The summed E-state index contributed by atoms with van der Waals surface area (Å²) in [6.45, 7) is 14.2. The summed E-state index contributed by atoms with van der Waals surface area (Å²) in [6, 6.07) is 0. The summed E-state index contributed by atoms with van der Waals surface area (Å²) < 4.78 is 4.48. The highest BCUT2D eigenvalue weighted by molar-refractivity contribution is 5.75. The first-order valence-electron chi connectivity index (χ1n) is 4.57. The second-order valence-corrected chi connectivity index (χ2v) is 5.74. The molecule has 0 aromatic carbocycles. The number of ether oxygens (including phenoxy) is 1. The summed E-state index contributed by atoms with van der Waals surface area (Å²) in [5, 5.41) is 0. The Morgan fingerprint density at radius 3 is 1.15 bits per heavy atom. The molecule has 0 bridgehead atoms. The number of hydrogen-bond acceptors (Lipinski definition) is 2. The van der Waals surface area contributed by atoms with Crippen LogP contribution in [0, 0.1) is 10.8 Å². The van der Waals surface area contributed by atoms with Gasteiger partial charge in [-0.2, -0.15) is 0 Å². The van der Waals surface area contributed by atoms with E-state index < -0.39 is 0 Å². The lowest BCUT2D eigenvalue weighted by Crippen LogP contribution is -2.21. The third kappa shape index (κ3) is 18.4. The molecule has 0 radical (unpaired) electrons. The van der Waals surface area contributed by atoms with Crippen LogP contribution < -0.4 is 0 Å². The zero-order valence-corrected chi connectivity index (χ0v) is 10.3. The van der Waals surface area contributed by atoms with Crippen molar-refractivity contribution in [3.8, 4) is 0 Å². The van der Waals surface area contributed by atoms with Gasteiger partial charge in [0.05, 0.1) is 12.5 Å². The van der Waals surface area contributed by atoms with Gasteiger partial charge in [0, 0.05) is 0 Å². The summed E-state index contributed by atoms with van der Waals surface area (Å²) in [5.41, 5.74) is 0.148. The van der Waals surface area contributed by atoms with Gasteiger partial charge in [0.25, 0.3) is 0 Å². The van der Waals surface area contributed by atoms with Crippen molar-refractivity contribution < 1.29 is 9.53 Å². The molecule has 0 spiro atoms. The maximum atomic E-state index is 10.6. The van der Waals surface area contributed by atoms with Crippen LogP contribution in [0.25, 0.3) is 0 Å². The van der Waals surface area contributed by atoms with Crippen LogP contribution in [0.2, 0.25) is 0 Å². The molecule has 0 N–H and O–H groups in total. The molecule has 13 heavy (non-hydrogen) atoms. The summed E-state index contributed by atoms with van der Waals surface area (Å²) in [4.78, 5) is 10.6. The topological polar surface area (TPSA) is 26.3 Å². The van der Waals surface area contributed by atoms with Gasteiger partial charge in [-0.1, -0.05) is 27.7 Å². The summed E-state index contributed by atoms with van der Waals surface area (Å²) in [5.74, 6) is -0.169. The van der Waals surface area contributed by atoms with Crippen molar-refractivity contribution in [2.24, 2.45) is 10.8 Å². The molecule has 80 valence electrons. The lowest BCUT2D eigenvalue weighted by molar-refractivity contribution is -0.149. The molecule has 0 aliphatic rings. The molecule has 0 amide bonds. The molecule has 0 fully saturated rings. The van der Waals surface area contributed by atoms with E-state index in [9.17, 15) is 4.79 Å². The van der Waals surface area contributed by atoms with Crippen molar-refractivity contribution in [3.05, 3.63) is 0 Å². The van der Waals surface area contributed by atoms with Gasteiger partial charge in [0.15, 0.2) is 0 Å². The van der Waals surface area contributed by atoms with Crippen LogP contribution in [0.1, 0.15) is 48.5 Å². The van der Waals surface area contributed by atoms with E-state index in [0.717, 1.165) is 0 Å². The van der Waals surface area contributed by atoms with E-state index in [0.29, 0.717) is 5.41 Å². The third-order valence-electron chi connectivity index (χ3n) is 0.798. The minimum absolute atomic E-state index is 0.169. The molecule has 0 saturated carbocycles. The molecule has 2 heteroatoms. The average Bonchev–Trinajstić information content (AvgIpc) is 1.80. The Balaban J connectivity index is 0. The van der Waals surface area contributed by atoms with E-state index in [-0.39, 0.29) is 11.4 Å². The van der Waals surface area contributed by atoms with E-state index in [1.807, 2.05) is 20.8 Å². The molecule has 2 nitrogen and oxygen atoms in total. The second kappa shape index (κ2) is 5.25. The van der Waals surface area contributed by atoms with Gasteiger partial charge in [0.1, 0.15) is 0 Å². The van der Waals surface area contributed by atoms with Gasteiger partial charge >= 0.3 is 5.97 Å². The lowest BCUT2D eigenvalue weighted by atomic mass is 9.98. The normalized spacial score (nSPS) is 11.4. The minimum Gasteiger partial charge on any atom is -0.469 e. The van der Waals surface area contributed by atoms with Gasteiger partial charge in [-0.15, -0.1) is 0 Å². The van der Waals surface area contributed by atoms with Crippen molar-refractivity contribution in [2.75, 3.05) is 7.11 Å². The number of carbonyl (C=O) groups is 1. The largest absolute Gasteiger partial charge is 0.469 e.